The normalized spacial score (nSPS) is 10.3. The van der Waals surface area contributed by atoms with E-state index in [1.165, 1.54) is 0 Å². The van der Waals surface area contributed by atoms with E-state index in [9.17, 15) is 4.79 Å². The van der Waals surface area contributed by atoms with Gasteiger partial charge in [-0.05, 0) is 30.5 Å². The fraction of sp³-hybridized carbons (Fsp3) is 0.417. The number of hydrogen-bond acceptors (Lipinski definition) is 2. The van der Waals surface area contributed by atoms with E-state index in [4.69, 9.17) is 21.4 Å². The number of alkyl halides is 1. The first-order chi connectivity index (χ1) is 7.74. The van der Waals surface area contributed by atoms with E-state index in [0.717, 1.165) is 18.4 Å². The zero-order valence-electron chi connectivity index (χ0n) is 8.99. The Morgan fingerprint density at radius 3 is 2.88 bits per heavy atom. The van der Waals surface area contributed by atoms with E-state index in [1.807, 2.05) is 6.07 Å². The first-order valence-electron chi connectivity index (χ1n) is 5.20. The van der Waals surface area contributed by atoms with Gasteiger partial charge in [-0.2, -0.15) is 0 Å². The van der Waals surface area contributed by atoms with E-state index in [0.29, 0.717) is 24.7 Å². The van der Waals surface area contributed by atoms with E-state index in [1.54, 1.807) is 18.2 Å². The van der Waals surface area contributed by atoms with Gasteiger partial charge in [-0.25, -0.2) is 4.79 Å². The molecule has 0 aromatic heterocycles. The van der Waals surface area contributed by atoms with Crippen LogP contribution in [0.2, 0.25) is 0 Å². The van der Waals surface area contributed by atoms with E-state index < -0.39 is 5.97 Å². The number of rotatable bonds is 7. The van der Waals surface area contributed by atoms with Crippen molar-refractivity contribution in [1.29, 1.82) is 0 Å². The maximum absolute atomic E-state index is 10.7. The average molecular weight is 243 g/mol. The minimum absolute atomic E-state index is 0.318. The minimum atomic E-state index is -0.898. The van der Waals surface area contributed by atoms with Crippen LogP contribution in [-0.4, -0.2) is 30.2 Å². The number of ether oxygens (including phenoxy) is 1. The molecule has 4 heteroatoms. The van der Waals surface area contributed by atoms with E-state index in [2.05, 4.69) is 0 Å². The van der Waals surface area contributed by atoms with Crippen molar-refractivity contribution in [2.24, 2.45) is 0 Å². The number of carboxylic acid groups (broad SMARTS) is 1. The molecule has 88 valence electrons. The summed E-state index contributed by atoms with van der Waals surface area (Å²) in [4.78, 5) is 10.7. The van der Waals surface area contributed by atoms with Gasteiger partial charge in [0.15, 0.2) is 0 Å². The summed E-state index contributed by atoms with van der Waals surface area (Å²) >= 11 is 5.51. The molecule has 1 N–H and O–H groups in total. The Morgan fingerprint density at radius 1 is 1.38 bits per heavy atom. The molecule has 0 aliphatic rings. The molecule has 3 nitrogen and oxygen atoms in total. The highest BCUT2D eigenvalue weighted by molar-refractivity contribution is 6.17. The van der Waals surface area contributed by atoms with Gasteiger partial charge in [0.2, 0.25) is 0 Å². The fourth-order valence-corrected chi connectivity index (χ4v) is 1.42. The molecule has 0 radical (unpaired) electrons. The van der Waals surface area contributed by atoms with Crippen molar-refractivity contribution >= 4 is 17.6 Å². The van der Waals surface area contributed by atoms with Crippen molar-refractivity contribution in [3.05, 3.63) is 35.4 Å². The highest BCUT2D eigenvalue weighted by atomic mass is 35.5. The molecule has 0 spiro atoms. The second-order valence-corrected chi connectivity index (χ2v) is 3.79. The van der Waals surface area contributed by atoms with Crippen molar-refractivity contribution in [2.45, 2.75) is 12.8 Å². The van der Waals surface area contributed by atoms with Crippen LogP contribution in [0.3, 0.4) is 0 Å². The third-order valence-electron chi connectivity index (χ3n) is 2.13. The summed E-state index contributed by atoms with van der Waals surface area (Å²) in [5, 5.41) is 8.80. The van der Waals surface area contributed by atoms with Crippen LogP contribution in [0.5, 0.6) is 0 Å². The molecule has 0 aliphatic heterocycles. The number of benzene rings is 1. The maximum atomic E-state index is 10.7. The Kier molecular flexibility index (Phi) is 5.90. The summed E-state index contributed by atoms with van der Waals surface area (Å²) in [5.74, 6) is -0.293. The number of hydrogen-bond donors (Lipinski definition) is 1. The molecule has 16 heavy (non-hydrogen) atoms. The quantitative estimate of drug-likeness (QED) is 0.591. The van der Waals surface area contributed by atoms with Gasteiger partial charge in [-0.1, -0.05) is 12.1 Å². The van der Waals surface area contributed by atoms with Crippen molar-refractivity contribution in [3.8, 4) is 0 Å². The fourth-order valence-electron chi connectivity index (χ4n) is 1.31. The van der Waals surface area contributed by atoms with Gasteiger partial charge in [-0.3, -0.25) is 0 Å². The molecule has 1 aromatic carbocycles. The van der Waals surface area contributed by atoms with Gasteiger partial charge in [0, 0.05) is 12.5 Å². The lowest BCUT2D eigenvalue weighted by Gasteiger charge is -2.04. The van der Waals surface area contributed by atoms with E-state index in [-0.39, 0.29) is 0 Å². The average Bonchev–Trinajstić information content (AvgIpc) is 2.29. The van der Waals surface area contributed by atoms with Crippen LogP contribution in [0.25, 0.3) is 0 Å². The van der Waals surface area contributed by atoms with Crippen molar-refractivity contribution in [1.82, 2.24) is 0 Å². The maximum Gasteiger partial charge on any atom is 0.335 e. The summed E-state index contributed by atoms with van der Waals surface area (Å²) in [6.45, 7) is 1.25. The molecule has 0 fully saturated rings. The first kappa shape index (κ1) is 13.0. The molecule has 0 aliphatic carbocycles. The molecule has 0 saturated heterocycles. The second kappa shape index (κ2) is 7.25. The Labute approximate surface area is 100.0 Å². The summed E-state index contributed by atoms with van der Waals surface area (Å²) in [6, 6.07) is 6.91. The summed E-state index contributed by atoms with van der Waals surface area (Å²) in [5.41, 5.74) is 1.30. The Balaban J connectivity index is 2.36. The van der Waals surface area contributed by atoms with Crippen LogP contribution < -0.4 is 0 Å². The van der Waals surface area contributed by atoms with Gasteiger partial charge in [-0.15, -0.1) is 11.6 Å². The molecule has 0 unspecified atom stereocenters. The zero-order chi connectivity index (χ0) is 11.8. The summed E-state index contributed by atoms with van der Waals surface area (Å²) in [7, 11) is 0. The van der Waals surface area contributed by atoms with Gasteiger partial charge < -0.3 is 9.84 Å². The molecule has 0 saturated carbocycles. The predicted octanol–water partition coefficient (Wildman–Crippen LogP) is 2.57. The number of aromatic carboxylic acids is 1. The summed E-state index contributed by atoms with van der Waals surface area (Å²) < 4.78 is 5.35. The van der Waals surface area contributed by atoms with Crippen LogP contribution in [-0.2, 0) is 11.2 Å². The zero-order valence-corrected chi connectivity index (χ0v) is 9.74. The second-order valence-electron chi connectivity index (χ2n) is 3.41. The molecule has 1 rings (SSSR count). The largest absolute Gasteiger partial charge is 0.478 e. The van der Waals surface area contributed by atoms with Gasteiger partial charge in [0.25, 0.3) is 0 Å². The lowest BCUT2D eigenvalue weighted by Crippen LogP contribution is -2.02. The molecule has 0 heterocycles. The third kappa shape index (κ3) is 4.64. The van der Waals surface area contributed by atoms with Crippen molar-refractivity contribution in [2.75, 3.05) is 19.1 Å². The minimum Gasteiger partial charge on any atom is -0.478 e. The number of carboxylic acids is 1. The van der Waals surface area contributed by atoms with Crippen molar-refractivity contribution in [3.63, 3.8) is 0 Å². The predicted molar refractivity (Wildman–Crippen MR) is 63.3 cm³/mol. The third-order valence-corrected chi connectivity index (χ3v) is 2.40. The topological polar surface area (TPSA) is 46.5 Å². The standard InChI is InChI=1S/C12H15ClO3/c13-6-2-7-16-8-5-10-3-1-4-11(9-10)12(14)15/h1,3-4,9H,2,5-8H2,(H,14,15). The van der Waals surface area contributed by atoms with Crippen molar-refractivity contribution < 1.29 is 14.6 Å². The smallest absolute Gasteiger partial charge is 0.335 e. The van der Waals surface area contributed by atoms with E-state index >= 15 is 0 Å². The van der Waals surface area contributed by atoms with Crippen LogP contribution in [0.15, 0.2) is 24.3 Å². The monoisotopic (exact) mass is 242 g/mol. The molecule has 0 bridgehead atoms. The Hall–Kier alpha value is -1.06. The van der Waals surface area contributed by atoms with Gasteiger partial charge in [0.1, 0.15) is 0 Å². The summed E-state index contributed by atoms with van der Waals surface area (Å²) in [6.07, 6.45) is 1.57. The Bertz CT molecular complexity index is 339. The molecular weight excluding hydrogens is 228 g/mol. The SMILES string of the molecule is O=C(O)c1cccc(CCOCCCCl)c1. The molecular formula is C12H15ClO3. The van der Waals surface area contributed by atoms with Crippen LogP contribution in [0.4, 0.5) is 0 Å². The first-order valence-corrected chi connectivity index (χ1v) is 5.73. The molecule has 0 atom stereocenters. The van der Waals surface area contributed by atoms with Crippen LogP contribution >= 0.6 is 11.6 Å². The van der Waals surface area contributed by atoms with Crippen LogP contribution in [0.1, 0.15) is 22.3 Å². The number of halogens is 1. The van der Waals surface area contributed by atoms with Gasteiger partial charge in [0.05, 0.1) is 12.2 Å². The highest BCUT2D eigenvalue weighted by Gasteiger charge is 2.02. The lowest BCUT2D eigenvalue weighted by atomic mass is 10.1. The van der Waals surface area contributed by atoms with Gasteiger partial charge >= 0.3 is 5.97 Å². The molecule has 1 aromatic rings. The Morgan fingerprint density at radius 2 is 2.19 bits per heavy atom. The molecule has 0 amide bonds. The number of carbonyl (C=O) groups is 1. The van der Waals surface area contributed by atoms with Crippen LogP contribution in [0, 0.1) is 0 Å². The lowest BCUT2D eigenvalue weighted by molar-refractivity contribution is 0.0696. The highest BCUT2D eigenvalue weighted by Crippen LogP contribution is 2.06.